The highest BCUT2D eigenvalue weighted by atomic mass is 16.5. The van der Waals surface area contributed by atoms with Gasteiger partial charge in [0.25, 0.3) is 0 Å². The SMILES string of the molecule is CC(=O)CC(C)(C)c1c(C)ccc(C)c1OC(=O)CCNC(C)(C)C. The summed E-state index contributed by atoms with van der Waals surface area (Å²) in [6.07, 6.45) is 0.713. The van der Waals surface area contributed by atoms with Crippen molar-refractivity contribution in [3.8, 4) is 5.75 Å². The maximum absolute atomic E-state index is 12.3. The Hall–Kier alpha value is -1.68. The van der Waals surface area contributed by atoms with Crippen LogP contribution in [0, 0.1) is 13.8 Å². The molecule has 1 aromatic carbocycles. The van der Waals surface area contributed by atoms with Gasteiger partial charge in [-0.05, 0) is 52.7 Å². The van der Waals surface area contributed by atoms with E-state index in [1.807, 2.05) is 39.8 Å². The van der Waals surface area contributed by atoms with E-state index in [2.05, 4.69) is 26.1 Å². The average Bonchev–Trinajstić information content (AvgIpc) is 2.39. The Bertz CT molecular complexity index is 639. The van der Waals surface area contributed by atoms with Crippen molar-refractivity contribution in [2.45, 2.75) is 79.2 Å². The summed E-state index contributed by atoms with van der Waals surface area (Å²) < 4.78 is 5.75. The molecule has 0 saturated heterocycles. The van der Waals surface area contributed by atoms with Gasteiger partial charge < -0.3 is 10.1 Å². The van der Waals surface area contributed by atoms with E-state index in [0.29, 0.717) is 25.1 Å². The number of hydrogen-bond donors (Lipinski definition) is 1. The number of rotatable bonds is 7. The molecule has 0 spiro atoms. The molecule has 0 aliphatic carbocycles. The summed E-state index contributed by atoms with van der Waals surface area (Å²) in [5.41, 5.74) is 2.47. The van der Waals surface area contributed by atoms with Crippen LogP contribution in [0.15, 0.2) is 12.1 Å². The lowest BCUT2D eigenvalue weighted by Crippen LogP contribution is -2.37. The summed E-state index contributed by atoms with van der Waals surface area (Å²) in [6.45, 7) is 16.3. The molecule has 4 nitrogen and oxygen atoms in total. The fourth-order valence-electron chi connectivity index (χ4n) is 3.17. The number of benzene rings is 1. The molecule has 0 bridgehead atoms. The third-order valence-electron chi connectivity index (χ3n) is 4.13. The highest BCUT2D eigenvalue weighted by Gasteiger charge is 2.30. The molecular formula is C21H33NO3. The minimum Gasteiger partial charge on any atom is -0.426 e. The van der Waals surface area contributed by atoms with Crippen LogP contribution in [-0.4, -0.2) is 23.8 Å². The normalized spacial score (nSPS) is 12.2. The van der Waals surface area contributed by atoms with E-state index in [1.54, 1.807) is 6.92 Å². The molecular weight excluding hydrogens is 314 g/mol. The first kappa shape index (κ1) is 21.4. The largest absolute Gasteiger partial charge is 0.426 e. The van der Waals surface area contributed by atoms with Gasteiger partial charge in [-0.15, -0.1) is 0 Å². The fourth-order valence-corrected chi connectivity index (χ4v) is 3.17. The van der Waals surface area contributed by atoms with Crippen molar-refractivity contribution in [2.75, 3.05) is 6.54 Å². The topological polar surface area (TPSA) is 55.4 Å². The maximum atomic E-state index is 12.3. The first-order chi connectivity index (χ1) is 11.3. The molecule has 0 atom stereocenters. The van der Waals surface area contributed by atoms with E-state index in [0.717, 1.165) is 16.7 Å². The first-order valence-corrected chi connectivity index (χ1v) is 8.89. The monoisotopic (exact) mass is 347 g/mol. The maximum Gasteiger partial charge on any atom is 0.312 e. The highest BCUT2D eigenvalue weighted by Crippen LogP contribution is 2.39. The molecule has 0 saturated carbocycles. The Labute approximate surface area is 152 Å². The molecule has 0 heterocycles. The minimum atomic E-state index is -0.388. The molecule has 1 aromatic rings. The van der Waals surface area contributed by atoms with Crippen molar-refractivity contribution in [1.82, 2.24) is 5.32 Å². The Morgan fingerprint density at radius 3 is 2.12 bits per heavy atom. The lowest BCUT2D eigenvalue weighted by molar-refractivity contribution is -0.134. The lowest BCUT2D eigenvalue weighted by atomic mass is 9.77. The van der Waals surface area contributed by atoms with Gasteiger partial charge in [0.2, 0.25) is 0 Å². The molecule has 1 N–H and O–H groups in total. The molecule has 0 fully saturated rings. The summed E-state index contributed by atoms with van der Waals surface area (Å²) in [5.74, 6) is 0.467. The van der Waals surface area contributed by atoms with Gasteiger partial charge in [0.1, 0.15) is 11.5 Å². The zero-order chi connectivity index (χ0) is 19.4. The van der Waals surface area contributed by atoms with Gasteiger partial charge in [-0.2, -0.15) is 0 Å². The van der Waals surface area contributed by atoms with E-state index in [9.17, 15) is 9.59 Å². The van der Waals surface area contributed by atoms with Crippen LogP contribution < -0.4 is 10.1 Å². The summed E-state index contributed by atoms with van der Waals surface area (Å²) in [6, 6.07) is 3.98. The summed E-state index contributed by atoms with van der Waals surface area (Å²) >= 11 is 0. The number of ether oxygens (including phenoxy) is 1. The number of esters is 1. The van der Waals surface area contributed by atoms with Crippen LogP contribution in [0.4, 0.5) is 0 Å². The van der Waals surface area contributed by atoms with E-state index in [-0.39, 0.29) is 22.7 Å². The van der Waals surface area contributed by atoms with Crippen LogP contribution in [0.25, 0.3) is 0 Å². The number of hydrogen-bond acceptors (Lipinski definition) is 4. The van der Waals surface area contributed by atoms with Gasteiger partial charge in [0.05, 0.1) is 6.42 Å². The molecule has 1 rings (SSSR count). The molecule has 0 aromatic heterocycles. The number of carbonyl (C=O) groups is 2. The summed E-state index contributed by atoms with van der Waals surface area (Å²) in [5, 5.41) is 3.29. The van der Waals surface area contributed by atoms with Crippen molar-refractivity contribution >= 4 is 11.8 Å². The molecule has 0 radical (unpaired) electrons. The van der Waals surface area contributed by atoms with E-state index >= 15 is 0 Å². The molecule has 4 heteroatoms. The van der Waals surface area contributed by atoms with Gasteiger partial charge >= 0.3 is 5.97 Å². The Morgan fingerprint density at radius 2 is 1.60 bits per heavy atom. The van der Waals surface area contributed by atoms with Crippen LogP contribution >= 0.6 is 0 Å². The number of Topliss-reactive ketones (excluding diaryl/α,β-unsaturated/α-hetero) is 1. The van der Waals surface area contributed by atoms with Crippen LogP contribution in [0.5, 0.6) is 5.75 Å². The van der Waals surface area contributed by atoms with Crippen molar-refractivity contribution in [2.24, 2.45) is 0 Å². The number of nitrogens with one attached hydrogen (secondary N) is 1. The lowest BCUT2D eigenvalue weighted by Gasteiger charge is -2.29. The summed E-state index contributed by atoms with van der Waals surface area (Å²) in [7, 11) is 0. The van der Waals surface area contributed by atoms with Gasteiger partial charge in [-0.25, -0.2) is 0 Å². The second kappa shape index (κ2) is 8.13. The van der Waals surface area contributed by atoms with E-state index in [4.69, 9.17) is 4.74 Å². The van der Waals surface area contributed by atoms with Crippen molar-refractivity contribution in [3.63, 3.8) is 0 Å². The third-order valence-corrected chi connectivity index (χ3v) is 4.13. The molecule has 0 unspecified atom stereocenters. The quantitative estimate of drug-likeness (QED) is 0.592. The van der Waals surface area contributed by atoms with Crippen molar-refractivity contribution in [3.05, 3.63) is 28.8 Å². The zero-order valence-electron chi connectivity index (χ0n) is 17.0. The molecule has 25 heavy (non-hydrogen) atoms. The van der Waals surface area contributed by atoms with E-state index < -0.39 is 0 Å². The van der Waals surface area contributed by atoms with Crippen LogP contribution in [0.1, 0.15) is 71.1 Å². The Balaban J connectivity index is 3.05. The number of aryl methyl sites for hydroxylation is 2. The molecule has 0 amide bonds. The smallest absolute Gasteiger partial charge is 0.312 e. The zero-order valence-corrected chi connectivity index (χ0v) is 17.0. The van der Waals surface area contributed by atoms with Crippen LogP contribution in [0.3, 0.4) is 0 Å². The van der Waals surface area contributed by atoms with Crippen LogP contribution in [0.2, 0.25) is 0 Å². The molecule has 140 valence electrons. The van der Waals surface area contributed by atoms with Crippen molar-refractivity contribution < 1.29 is 14.3 Å². The minimum absolute atomic E-state index is 0.0336. The van der Waals surface area contributed by atoms with E-state index in [1.165, 1.54) is 0 Å². The number of ketones is 1. The highest BCUT2D eigenvalue weighted by molar-refractivity contribution is 5.78. The van der Waals surface area contributed by atoms with Gasteiger partial charge in [0.15, 0.2) is 0 Å². The third kappa shape index (κ3) is 6.62. The average molecular weight is 347 g/mol. The van der Waals surface area contributed by atoms with Crippen molar-refractivity contribution in [1.29, 1.82) is 0 Å². The standard InChI is InChI=1S/C21H33NO3/c1-14-9-10-15(2)19(18(14)21(7,8)13-16(3)23)25-17(24)11-12-22-20(4,5)6/h9-10,22H,11-13H2,1-8H3. The molecule has 0 aliphatic rings. The van der Waals surface area contributed by atoms with Gasteiger partial charge in [-0.3, -0.25) is 9.59 Å². The second-order valence-corrected chi connectivity index (χ2v) is 8.57. The number of carbonyl (C=O) groups excluding carboxylic acids is 2. The predicted molar refractivity (Wildman–Crippen MR) is 102 cm³/mol. The second-order valence-electron chi connectivity index (χ2n) is 8.57. The first-order valence-electron chi connectivity index (χ1n) is 8.89. The Morgan fingerprint density at radius 1 is 1.04 bits per heavy atom. The Kier molecular flexibility index (Phi) is 6.95. The van der Waals surface area contributed by atoms with Crippen LogP contribution in [-0.2, 0) is 15.0 Å². The van der Waals surface area contributed by atoms with Gasteiger partial charge in [0, 0.05) is 29.5 Å². The summed E-state index contributed by atoms with van der Waals surface area (Å²) in [4.78, 5) is 24.0. The van der Waals surface area contributed by atoms with Gasteiger partial charge in [-0.1, -0.05) is 26.0 Å². The molecule has 0 aliphatic heterocycles. The fraction of sp³-hybridized carbons (Fsp3) is 0.619. The predicted octanol–water partition coefficient (Wildman–Crippen LogP) is 4.24.